The van der Waals surface area contributed by atoms with Gasteiger partial charge in [0, 0.05) is 19.0 Å². The van der Waals surface area contributed by atoms with Crippen LogP contribution < -0.4 is 9.47 Å². The number of piperidine rings is 1. The van der Waals surface area contributed by atoms with Crippen LogP contribution in [-0.2, 0) is 4.79 Å². The smallest absolute Gasteiger partial charge is 0.307 e. The Bertz CT molecular complexity index is 766. The van der Waals surface area contributed by atoms with Crippen LogP contribution in [-0.4, -0.2) is 49.8 Å². The molecule has 2 aromatic carbocycles. The minimum atomic E-state index is -0.687. The van der Waals surface area contributed by atoms with Crippen molar-refractivity contribution in [3.8, 4) is 11.5 Å². The predicted octanol–water partition coefficient (Wildman–Crippen LogP) is 4.19. The lowest BCUT2D eigenvalue weighted by Crippen LogP contribution is -2.38. The SMILES string of the molecule is COc1ccc(C(/C=C\CN2CCCC(C(=O)O)C2)c2ccc(OC)cc2)cc1. The fourth-order valence-corrected chi connectivity index (χ4v) is 3.81. The number of hydrogen-bond acceptors (Lipinski definition) is 4. The summed E-state index contributed by atoms with van der Waals surface area (Å²) in [6, 6.07) is 16.2. The van der Waals surface area contributed by atoms with Crippen LogP contribution in [0.25, 0.3) is 0 Å². The van der Waals surface area contributed by atoms with Crippen molar-refractivity contribution in [1.29, 1.82) is 0 Å². The molecule has 29 heavy (non-hydrogen) atoms. The molecular weight excluding hydrogens is 366 g/mol. The van der Waals surface area contributed by atoms with Crippen molar-refractivity contribution in [2.75, 3.05) is 33.9 Å². The summed E-state index contributed by atoms with van der Waals surface area (Å²) in [4.78, 5) is 13.5. The highest BCUT2D eigenvalue weighted by Gasteiger charge is 2.24. The van der Waals surface area contributed by atoms with Crippen LogP contribution >= 0.6 is 0 Å². The van der Waals surface area contributed by atoms with Crippen molar-refractivity contribution in [1.82, 2.24) is 4.90 Å². The van der Waals surface area contributed by atoms with Crippen LogP contribution in [0, 0.1) is 5.92 Å². The second-order valence-electron chi connectivity index (χ2n) is 7.39. The molecule has 5 nitrogen and oxygen atoms in total. The molecule has 154 valence electrons. The maximum absolute atomic E-state index is 11.3. The number of ether oxygens (including phenoxy) is 2. The third kappa shape index (κ3) is 5.61. The van der Waals surface area contributed by atoms with Gasteiger partial charge < -0.3 is 14.6 Å². The van der Waals surface area contributed by atoms with E-state index in [1.54, 1.807) is 14.2 Å². The Balaban J connectivity index is 1.76. The fraction of sp³-hybridized carbons (Fsp3) is 0.375. The second-order valence-corrected chi connectivity index (χ2v) is 7.39. The molecule has 0 aromatic heterocycles. The average Bonchev–Trinajstić information content (AvgIpc) is 2.77. The number of benzene rings is 2. The van der Waals surface area contributed by atoms with Gasteiger partial charge >= 0.3 is 5.97 Å². The Morgan fingerprint density at radius 2 is 1.62 bits per heavy atom. The molecule has 1 aliphatic rings. The van der Waals surface area contributed by atoms with E-state index in [1.165, 1.54) is 11.1 Å². The van der Waals surface area contributed by atoms with Gasteiger partial charge in [-0.05, 0) is 54.8 Å². The van der Waals surface area contributed by atoms with Gasteiger partial charge in [0.1, 0.15) is 11.5 Å². The van der Waals surface area contributed by atoms with E-state index in [4.69, 9.17) is 9.47 Å². The van der Waals surface area contributed by atoms with Gasteiger partial charge in [-0.15, -0.1) is 0 Å². The van der Waals surface area contributed by atoms with E-state index in [-0.39, 0.29) is 11.8 Å². The molecule has 0 saturated carbocycles. The highest BCUT2D eigenvalue weighted by Crippen LogP contribution is 2.29. The molecule has 2 aromatic rings. The Morgan fingerprint density at radius 3 is 2.10 bits per heavy atom. The molecule has 1 fully saturated rings. The summed E-state index contributed by atoms with van der Waals surface area (Å²) in [7, 11) is 3.33. The highest BCUT2D eigenvalue weighted by molar-refractivity contribution is 5.70. The molecule has 0 radical (unpaired) electrons. The quantitative estimate of drug-likeness (QED) is 0.679. The monoisotopic (exact) mass is 395 g/mol. The molecule has 1 N–H and O–H groups in total. The number of hydrogen-bond donors (Lipinski definition) is 1. The lowest BCUT2D eigenvalue weighted by Gasteiger charge is -2.29. The molecular formula is C24H29NO4. The zero-order chi connectivity index (χ0) is 20.6. The minimum Gasteiger partial charge on any atom is -0.497 e. The zero-order valence-electron chi connectivity index (χ0n) is 17.1. The average molecular weight is 395 g/mol. The Hall–Kier alpha value is -2.79. The zero-order valence-corrected chi connectivity index (χ0v) is 17.1. The Kier molecular flexibility index (Phi) is 7.30. The minimum absolute atomic E-state index is 0.104. The second kappa shape index (κ2) is 10.1. The first-order valence-electron chi connectivity index (χ1n) is 10.0. The first-order chi connectivity index (χ1) is 14.1. The number of carboxylic acids is 1. The van der Waals surface area contributed by atoms with Gasteiger partial charge in [-0.2, -0.15) is 0 Å². The van der Waals surface area contributed by atoms with E-state index in [9.17, 15) is 9.90 Å². The Morgan fingerprint density at radius 1 is 1.07 bits per heavy atom. The van der Waals surface area contributed by atoms with Gasteiger partial charge in [0.15, 0.2) is 0 Å². The Labute approximate surface area is 172 Å². The number of likely N-dealkylation sites (tertiary alicyclic amines) is 1. The van der Waals surface area contributed by atoms with E-state index in [1.807, 2.05) is 24.3 Å². The number of carbonyl (C=O) groups is 1. The summed E-state index contributed by atoms with van der Waals surface area (Å²) in [5.41, 5.74) is 2.35. The number of rotatable bonds is 8. The summed E-state index contributed by atoms with van der Waals surface area (Å²) in [6.07, 6.45) is 6.07. The van der Waals surface area contributed by atoms with Crippen LogP contribution in [0.5, 0.6) is 11.5 Å². The van der Waals surface area contributed by atoms with Crippen molar-refractivity contribution in [3.63, 3.8) is 0 Å². The van der Waals surface area contributed by atoms with Gasteiger partial charge in [-0.3, -0.25) is 9.69 Å². The van der Waals surface area contributed by atoms with Crippen molar-refractivity contribution < 1.29 is 19.4 Å². The summed E-state index contributed by atoms with van der Waals surface area (Å²) in [5.74, 6) is 0.828. The topological polar surface area (TPSA) is 59.0 Å². The van der Waals surface area contributed by atoms with Gasteiger partial charge in [-0.1, -0.05) is 36.4 Å². The van der Waals surface area contributed by atoms with E-state index < -0.39 is 5.97 Å². The summed E-state index contributed by atoms with van der Waals surface area (Å²) in [6.45, 7) is 2.33. The van der Waals surface area contributed by atoms with Crippen LogP contribution in [0.2, 0.25) is 0 Å². The van der Waals surface area contributed by atoms with E-state index >= 15 is 0 Å². The molecule has 1 unspecified atom stereocenters. The summed E-state index contributed by atoms with van der Waals surface area (Å²) < 4.78 is 10.6. The standard InChI is InChI=1S/C24H29NO4/c1-28-21-11-7-18(8-12-21)23(19-9-13-22(29-2)14-10-19)6-4-16-25-15-3-5-20(17-25)24(26)27/h4,6-14,20,23H,3,5,15-17H2,1-2H3,(H,26,27)/b6-4-. The number of aliphatic carboxylic acids is 1. The fourth-order valence-electron chi connectivity index (χ4n) is 3.81. The van der Waals surface area contributed by atoms with Gasteiger partial charge in [-0.25, -0.2) is 0 Å². The van der Waals surface area contributed by atoms with Gasteiger partial charge in [0.05, 0.1) is 20.1 Å². The maximum Gasteiger partial charge on any atom is 0.307 e. The molecule has 0 amide bonds. The number of methoxy groups -OCH3 is 2. The van der Waals surface area contributed by atoms with Crippen LogP contribution in [0.1, 0.15) is 29.9 Å². The molecule has 5 heteroatoms. The molecule has 1 heterocycles. The highest BCUT2D eigenvalue weighted by atomic mass is 16.5. The van der Waals surface area contributed by atoms with Crippen molar-refractivity contribution >= 4 is 5.97 Å². The van der Waals surface area contributed by atoms with Crippen LogP contribution in [0.4, 0.5) is 0 Å². The molecule has 3 rings (SSSR count). The third-order valence-corrected chi connectivity index (χ3v) is 5.50. The van der Waals surface area contributed by atoms with E-state index in [0.717, 1.165) is 37.4 Å². The van der Waals surface area contributed by atoms with Crippen molar-refractivity contribution in [2.24, 2.45) is 5.92 Å². The summed E-state index contributed by atoms with van der Waals surface area (Å²) >= 11 is 0. The van der Waals surface area contributed by atoms with Crippen molar-refractivity contribution in [2.45, 2.75) is 18.8 Å². The summed E-state index contributed by atoms with van der Waals surface area (Å²) in [5, 5.41) is 9.29. The number of carboxylic acid groups (broad SMARTS) is 1. The molecule has 0 spiro atoms. The number of allylic oxidation sites excluding steroid dienone is 1. The van der Waals surface area contributed by atoms with Crippen LogP contribution in [0.15, 0.2) is 60.7 Å². The lowest BCUT2D eigenvalue weighted by molar-refractivity contribution is -0.143. The van der Waals surface area contributed by atoms with Gasteiger partial charge in [0.2, 0.25) is 0 Å². The molecule has 1 aliphatic heterocycles. The lowest BCUT2D eigenvalue weighted by atomic mass is 9.90. The molecule has 1 saturated heterocycles. The number of nitrogens with zero attached hydrogens (tertiary/aromatic N) is 1. The van der Waals surface area contributed by atoms with E-state index in [0.29, 0.717) is 6.54 Å². The van der Waals surface area contributed by atoms with E-state index in [2.05, 4.69) is 41.3 Å². The maximum atomic E-state index is 11.3. The third-order valence-electron chi connectivity index (χ3n) is 5.50. The van der Waals surface area contributed by atoms with Crippen LogP contribution in [0.3, 0.4) is 0 Å². The molecule has 0 bridgehead atoms. The van der Waals surface area contributed by atoms with Crippen molar-refractivity contribution in [3.05, 3.63) is 71.8 Å². The largest absolute Gasteiger partial charge is 0.497 e. The normalized spacial score (nSPS) is 17.6. The molecule has 1 atom stereocenters. The molecule has 0 aliphatic carbocycles. The van der Waals surface area contributed by atoms with Gasteiger partial charge in [0.25, 0.3) is 0 Å². The predicted molar refractivity (Wildman–Crippen MR) is 114 cm³/mol. The first kappa shape index (κ1) is 20.9. The first-order valence-corrected chi connectivity index (χ1v) is 10.0.